The number of aryl methyl sites for hydroxylation is 2. The second kappa shape index (κ2) is 6.70. The van der Waals surface area contributed by atoms with Gasteiger partial charge in [0, 0.05) is 37.3 Å². The van der Waals surface area contributed by atoms with Gasteiger partial charge in [-0.15, -0.1) is 10.2 Å². The normalized spacial score (nSPS) is 12.2. The zero-order valence-corrected chi connectivity index (χ0v) is 15.9. The summed E-state index contributed by atoms with van der Waals surface area (Å²) in [6.45, 7) is 0.879. The lowest BCUT2D eigenvalue weighted by molar-refractivity contribution is 0.763. The van der Waals surface area contributed by atoms with Gasteiger partial charge in [0.05, 0.1) is 0 Å². The first-order valence-corrected chi connectivity index (χ1v) is 9.97. The number of fused-ring (bicyclic) bond motifs is 3. The van der Waals surface area contributed by atoms with Crippen LogP contribution >= 0.6 is 11.8 Å². The van der Waals surface area contributed by atoms with E-state index in [4.69, 9.17) is 0 Å². The minimum Gasteiger partial charge on any atom is -0.330 e. The van der Waals surface area contributed by atoms with Gasteiger partial charge in [-0.1, -0.05) is 48.2 Å². The third kappa shape index (κ3) is 2.96. The number of hydrogen-bond acceptors (Lipinski definition) is 4. The van der Waals surface area contributed by atoms with E-state index in [-0.39, 0.29) is 0 Å². The van der Waals surface area contributed by atoms with Crippen LogP contribution in [0.5, 0.6) is 0 Å². The molecule has 2 aromatic carbocycles. The molecule has 134 valence electrons. The van der Waals surface area contributed by atoms with Crippen LogP contribution in [0, 0.1) is 0 Å². The Hall–Kier alpha value is -2.86. The average Bonchev–Trinajstić information content (AvgIpc) is 3.40. The van der Waals surface area contributed by atoms with E-state index in [2.05, 4.69) is 68.4 Å². The van der Waals surface area contributed by atoms with Crippen LogP contribution in [0.25, 0.3) is 22.5 Å². The molecule has 0 radical (unpaired) electrons. The molecule has 6 heteroatoms. The maximum atomic E-state index is 4.61. The maximum absolute atomic E-state index is 4.61. The first-order chi connectivity index (χ1) is 13.3. The Labute approximate surface area is 162 Å². The van der Waals surface area contributed by atoms with E-state index < -0.39 is 0 Å². The number of rotatable bonds is 5. The largest absolute Gasteiger partial charge is 0.330 e. The van der Waals surface area contributed by atoms with Gasteiger partial charge in [-0.2, -0.15) is 0 Å². The van der Waals surface area contributed by atoms with Crippen LogP contribution in [0.4, 0.5) is 0 Å². The average molecular weight is 373 g/mol. The quantitative estimate of drug-likeness (QED) is 0.436. The lowest BCUT2D eigenvalue weighted by Crippen LogP contribution is -2.03. The summed E-state index contributed by atoms with van der Waals surface area (Å²) in [7, 11) is 1.97. The van der Waals surface area contributed by atoms with Crippen molar-refractivity contribution in [2.75, 3.05) is 5.75 Å². The second-order valence-corrected chi connectivity index (χ2v) is 7.79. The third-order valence-electron chi connectivity index (χ3n) is 5.00. The van der Waals surface area contributed by atoms with Gasteiger partial charge in [-0.05, 0) is 34.7 Å². The SMILES string of the molecule is Cn1cnnc1SCCn1ccnc1-c1ccc2c(c1)Cc1ccccc1-2. The molecule has 2 aromatic heterocycles. The summed E-state index contributed by atoms with van der Waals surface area (Å²) < 4.78 is 4.16. The van der Waals surface area contributed by atoms with Crippen molar-refractivity contribution in [3.05, 3.63) is 72.3 Å². The Kier molecular flexibility index (Phi) is 4.05. The van der Waals surface area contributed by atoms with Crippen molar-refractivity contribution in [1.29, 1.82) is 0 Å². The predicted molar refractivity (Wildman–Crippen MR) is 108 cm³/mol. The molecule has 0 aliphatic heterocycles. The van der Waals surface area contributed by atoms with Crippen molar-refractivity contribution in [3.8, 4) is 22.5 Å². The molecule has 2 heterocycles. The van der Waals surface area contributed by atoms with Gasteiger partial charge in [0.2, 0.25) is 0 Å². The summed E-state index contributed by atoms with van der Waals surface area (Å²) in [4.78, 5) is 4.61. The van der Waals surface area contributed by atoms with E-state index in [0.717, 1.165) is 29.7 Å². The Morgan fingerprint density at radius 1 is 1.07 bits per heavy atom. The fourth-order valence-electron chi connectivity index (χ4n) is 3.67. The molecule has 0 saturated heterocycles. The molecule has 5 nitrogen and oxygen atoms in total. The molecule has 0 amide bonds. The second-order valence-electron chi connectivity index (χ2n) is 6.72. The van der Waals surface area contributed by atoms with E-state index in [0.29, 0.717) is 0 Å². The van der Waals surface area contributed by atoms with Crippen molar-refractivity contribution in [1.82, 2.24) is 24.3 Å². The molecular formula is C21H19N5S. The molecule has 0 atom stereocenters. The number of thioether (sulfide) groups is 1. The van der Waals surface area contributed by atoms with E-state index >= 15 is 0 Å². The summed E-state index contributed by atoms with van der Waals surface area (Å²) >= 11 is 1.71. The zero-order chi connectivity index (χ0) is 18.2. The van der Waals surface area contributed by atoms with Crippen molar-refractivity contribution in [3.63, 3.8) is 0 Å². The van der Waals surface area contributed by atoms with E-state index in [1.807, 2.05) is 17.8 Å². The molecule has 27 heavy (non-hydrogen) atoms. The molecule has 1 aliphatic rings. The summed E-state index contributed by atoms with van der Waals surface area (Å²) in [5.41, 5.74) is 6.69. The standard InChI is InChI=1S/C21H19N5S/c1-25-14-23-24-21(25)27-11-10-26-9-8-22-20(26)16-6-7-19-17(13-16)12-15-4-2-3-5-18(15)19/h2-9,13-14H,10-12H2,1H3. The summed E-state index contributed by atoms with van der Waals surface area (Å²) in [5, 5.41) is 8.99. The van der Waals surface area contributed by atoms with E-state index in [1.165, 1.54) is 27.8 Å². The first-order valence-electron chi connectivity index (χ1n) is 8.99. The Morgan fingerprint density at radius 3 is 2.85 bits per heavy atom. The number of benzene rings is 2. The molecule has 0 bridgehead atoms. The smallest absolute Gasteiger partial charge is 0.190 e. The number of hydrogen-bond donors (Lipinski definition) is 0. The van der Waals surface area contributed by atoms with Gasteiger partial charge in [-0.25, -0.2) is 4.98 Å². The van der Waals surface area contributed by atoms with Crippen LogP contribution in [0.2, 0.25) is 0 Å². The first kappa shape index (κ1) is 16.3. The van der Waals surface area contributed by atoms with Gasteiger partial charge in [0.15, 0.2) is 5.16 Å². The minimum atomic E-state index is 0.879. The molecule has 0 N–H and O–H groups in total. The molecule has 0 saturated carbocycles. The Bertz CT molecular complexity index is 1110. The molecule has 5 rings (SSSR count). The van der Waals surface area contributed by atoms with Crippen molar-refractivity contribution < 1.29 is 0 Å². The van der Waals surface area contributed by atoms with E-state index in [1.54, 1.807) is 18.1 Å². The summed E-state index contributed by atoms with van der Waals surface area (Å²) in [5.74, 6) is 1.94. The highest BCUT2D eigenvalue weighted by Crippen LogP contribution is 2.38. The Balaban J connectivity index is 1.37. The number of nitrogens with zero attached hydrogens (tertiary/aromatic N) is 5. The highest BCUT2D eigenvalue weighted by atomic mass is 32.2. The molecule has 0 spiro atoms. The molecule has 0 unspecified atom stereocenters. The van der Waals surface area contributed by atoms with Gasteiger partial charge >= 0.3 is 0 Å². The van der Waals surface area contributed by atoms with Crippen molar-refractivity contribution >= 4 is 11.8 Å². The highest BCUT2D eigenvalue weighted by molar-refractivity contribution is 7.99. The minimum absolute atomic E-state index is 0.879. The van der Waals surface area contributed by atoms with Crippen molar-refractivity contribution in [2.24, 2.45) is 7.05 Å². The molecular weight excluding hydrogens is 354 g/mol. The Morgan fingerprint density at radius 2 is 1.96 bits per heavy atom. The fourth-order valence-corrected chi connectivity index (χ4v) is 4.50. The van der Waals surface area contributed by atoms with Crippen molar-refractivity contribution in [2.45, 2.75) is 18.1 Å². The summed E-state index contributed by atoms with van der Waals surface area (Å²) in [6.07, 6.45) is 6.66. The van der Waals surface area contributed by atoms with E-state index in [9.17, 15) is 0 Å². The molecule has 1 aliphatic carbocycles. The van der Waals surface area contributed by atoms with Crippen LogP contribution < -0.4 is 0 Å². The lowest BCUT2D eigenvalue weighted by Gasteiger charge is -2.09. The molecule has 0 fully saturated rings. The van der Waals surface area contributed by atoms with Gasteiger partial charge in [0.1, 0.15) is 12.2 Å². The lowest BCUT2D eigenvalue weighted by atomic mass is 10.0. The van der Waals surface area contributed by atoms with Crippen LogP contribution in [-0.4, -0.2) is 30.1 Å². The third-order valence-corrected chi connectivity index (χ3v) is 6.02. The summed E-state index contributed by atoms with van der Waals surface area (Å²) in [6, 6.07) is 15.4. The van der Waals surface area contributed by atoms with Crippen LogP contribution in [0.15, 0.2) is 66.3 Å². The zero-order valence-electron chi connectivity index (χ0n) is 15.0. The monoisotopic (exact) mass is 373 g/mol. The van der Waals surface area contributed by atoms with Crippen LogP contribution in [0.3, 0.4) is 0 Å². The van der Waals surface area contributed by atoms with Crippen LogP contribution in [0.1, 0.15) is 11.1 Å². The van der Waals surface area contributed by atoms with Crippen LogP contribution in [-0.2, 0) is 20.0 Å². The van der Waals surface area contributed by atoms with Gasteiger partial charge < -0.3 is 9.13 Å². The maximum Gasteiger partial charge on any atom is 0.190 e. The molecule has 4 aromatic rings. The highest BCUT2D eigenvalue weighted by Gasteiger charge is 2.19. The number of aromatic nitrogens is 5. The number of imidazole rings is 1. The topological polar surface area (TPSA) is 48.5 Å². The fraction of sp³-hybridized carbons (Fsp3) is 0.190. The van der Waals surface area contributed by atoms with Gasteiger partial charge in [0.25, 0.3) is 0 Å². The van der Waals surface area contributed by atoms with Gasteiger partial charge in [-0.3, -0.25) is 0 Å². The predicted octanol–water partition coefficient (Wildman–Crippen LogP) is 4.04.